The average molecular weight is 216 g/mol. The van der Waals surface area contributed by atoms with E-state index in [1.807, 2.05) is 39.8 Å². The molecular formula is C12H24O3. The largest absolute Gasteiger partial charge is 0.374 e. The van der Waals surface area contributed by atoms with Crippen LogP contribution in [0.4, 0.5) is 0 Å². The Kier molecular flexibility index (Phi) is 9.89. The summed E-state index contributed by atoms with van der Waals surface area (Å²) in [6.45, 7) is 9.96. The molecule has 0 N–H and O–H groups in total. The van der Waals surface area contributed by atoms with E-state index >= 15 is 0 Å². The van der Waals surface area contributed by atoms with Crippen LogP contribution in [0.15, 0.2) is 12.2 Å². The van der Waals surface area contributed by atoms with Crippen molar-refractivity contribution in [2.75, 3.05) is 19.8 Å². The van der Waals surface area contributed by atoms with Gasteiger partial charge in [-0.2, -0.15) is 0 Å². The van der Waals surface area contributed by atoms with Crippen LogP contribution in [0.2, 0.25) is 0 Å². The third-order valence-corrected chi connectivity index (χ3v) is 1.92. The first-order valence-corrected chi connectivity index (χ1v) is 5.75. The maximum Gasteiger partial charge on any atom is 0.160 e. The Morgan fingerprint density at radius 3 is 1.87 bits per heavy atom. The molecule has 1 atom stereocenters. The third-order valence-electron chi connectivity index (χ3n) is 1.92. The second kappa shape index (κ2) is 10.1. The van der Waals surface area contributed by atoms with Gasteiger partial charge in [0.2, 0.25) is 0 Å². The summed E-state index contributed by atoms with van der Waals surface area (Å²) in [5.74, 6) is 0. The summed E-state index contributed by atoms with van der Waals surface area (Å²) in [6, 6.07) is 0. The lowest BCUT2D eigenvalue weighted by Crippen LogP contribution is -2.24. The van der Waals surface area contributed by atoms with Crippen LogP contribution in [-0.4, -0.2) is 32.2 Å². The van der Waals surface area contributed by atoms with Crippen molar-refractivity contribution >= 4 is 0 Å². The van der Waals surface area contributed by atoms with Crippen molar-refractivity contribution in [1.82, 2.24) is 0 Å². The maximum atomic E-state index is 5.56. The molecule has 0 aromatic rings. The zero-order valence-corrected chi connectivity index (χ0v) is 10.4. The molecule has 3 nitrogen and oxygen atoms in total. The van der Waals surface area contributed by atoms with Gasteiger partial charge in [0.05, 0.1) is 6.10 Å². The molecule has 0 rings (SSSR count). The van der Waals surface area contributed by atoms with E-state index in [0.717, 1.165) is 6.42 Å². The average Bonchev–Trinajstić information content (AvgIpc) is 2.19. The molecule has 0 bridgehead atoms. The molecule has 0 spiro atoms. The molecule has 0 amide bonds. The molecule has 0 aliphatic heterocycles. The van der Waals surface area contributed by atoms with Gasteiger partial charge in [0.15, 0.2) is 6.29 Å². The SMILES string of the molecule is CC=CC(CC(OCC)OCC)OCC. The highest BCUT2D eigenvalue weighted by Gasteiger charge is 2.14. The Bertz CT molecular complexity index is 151. The monoisotopic (exact) mass is 216 g/mol. The Morgan fingerprint density at radius 2 is 1.47 bits per heavy atom. The highest BCUT2D eigenvalue weighted by molar-refractivity contribution is 4.87. The van der Waals surface area contributed by atoms with Gasteiger partial charge in [0.1, 0.15) is 0 Å². The van der Waals surface area contributed by atoms with E-state index in [1.54, 1.807) is 0 Å². The molecular weight excluding hydrogens is 192 g/mol. The molecule has 0 aromatic heterocycles. The standard InChI is InChI=1S/C12H24O3/c1-5-9-11(13-6-2)10-12(14-7-3)15-8-4/h5,9,11-12H,6-8,10H2,1-4H3. The lowest BCUT2D eigenvalue weighted by atomic mass is 10.2. The lowest BCUT2D eigenvalue weighted by Gasteiger charge is -2.21. The molecule has 0 heterocycles. The first-order valence-electron chi connectivity index (χ1n) is 5.75. The van der Waals surface area contributed by atoms with Gasteiger partial charge in [-0.15, -0.1) is 0 Å². The van der Waals surface area contributed by atoms with Gasteiger partial charge >= 0.3 is 0 Å². The summed E-state index contributed by atoms with van der Waals surface area (Å²) in [6.07, 6.45) is 4.71. The fourth-order valence-electron chi connectivity index (χ4n) is 1.38. The van der Waals surface area contributed by atoms with E-state index in [1.165, 1.54) is 0 Å². The van der Waals surface area contributed by atoms with Crippen molar-refractivity contribution in [3.63, 3.8) is 0 Å². The topological polar surface area (TPSA) is 27.7 Å². The first kappa shape index (κ1) is 14.6. The van der Waals surface area contributed by atoms with Crippen molar-refractivity contribution in [2.24, 2.45) is 0 Å². The van der Waals surface area contributed by atoms with Gasteiger partial charge in [0.25, 0.3) is 0 Å². The number of ether oxygens (including phenoxy) is 3. The van der Waals surface area contributed by atoms with E-state index in [2.05, 4.69) is 0 Å². The van der Waals surface area contributed by atoms with Gasteiger partial charge in [0, 0.05) is 26.2 Å². The van der Waals surface area contributed by atoms with E-state index in [0.29, 0.717) is 19.8 Å². The third kappa shape index (κ3) is 7.54. The first-order chi connectivity index (χ1) is 7.28. The normalized spacial score (nSPS) is 13.9. The zero-order chi connectivity index (χ0) is 11.5. The number of rotatable bonds is 9. The lowest BCUT2D eigenvalue weighted by molar-refractivity contribution is -0.152. The minimum absolute atomic E-state index is 0.0862. The molecule has 90 valence electrons. The molecule has 0 aliphatic rings. The highest BCUT2D eigenvalue weighted by atomic mass is 16.7. The summed E-state index contributed by atoms with van der Waals surface area (Å²) < 4.78 is 16.5. The molecule has 0 aliphatic carbocycles. The molecule has 0 fully saturated rings. The van der Waals surface area contributed by atoms with Crippen LogP contribution in [-0.2, 0) is 14.2 Å². The summed E-state index contributed by atoms with van der Waals surface area (Å²) in [7, 11) is 0. The fraction of sp³-hybridized carbons (Fsp3) is 0.833. The van der Waals surface area contributed by atoms with Crippen molar-refractivity contribution in [2.45, 2.75) is 46.5 Å². The van der Waals surface area contributed by atoms with Crippen LogP contribution in [0, 0.1) is 0 Å². The van der Waals surface area contributed by atoms with Gasteiger partial charge in [-0.25, -0.2) is 0 Å². The quantitative estimate of drug-likeness (QED) is 0.438. The van der Waals surface area contributed by atoms with Gasteiger partial charge < -0.3 is 14.2 Å². The summed E-state index contributed by atoms with van der Waals surface area (Å²) in [5, 5.41) is 0. The van der Waals surface area contributed by atoms with Gasteiger partial charge in [-0.05, 0) is 27.7 Å². The van der Waals surface area contributed by atoms with Crippen molar-refractivity contribution < 1.29 is 14.2 Å². The van der Waals surface area contributed by atoms with E-state index < -0.39 is 0 Å². The van der Waals surface area contributed by atoms with Crippen molar-refractivity contribution in [1.29, 1.82) is 0 Å². The van der Waals surface area contributed by atoms with E-state index in [4.69, 9.17) is 14.2 Å². The molecule has 0 saturated carbocycles. The van der Waals surface area contributed by atoms with Gasteiger partial charge in [-0.3, -0.25) is 0 Å². The summed E-state index contributed by atoms with van der Waals surface area (Å²) in [4.78, 5) is 0. The fourth-order valence-corrected chi connectivity index (χ4v) is 1.38. The van der Waals surface area contributed by atoms with E-state index in [-0.39, 0.29) is 12.4 Å². The van der Waals surface area contributed by atoms with Crippen LogP contribution in [0.1, 0.15) is 34.1 Å². The molecule has 3 heteroatoms. The highest BCUT2D eigenvalue weighted by Crippen LogP contribution is 2.09. The van der Waals surface area contributed by atoms with E-state index in [9.17, 15) is 0 Å². The summed E-state index contributed by atoms with van der Waals surface area (Å²) >= 11 is 0. The number of hydrogen-bond acceptors (Lipinski definition) is 3. The van der Waals surface area contributed by atoms with Crippen LogP contribution in [0.5, 0.6) is 0 Å². The van der Waals surface area contributed by atoms with Crippen molar-refractivity contribution in [3.05, 3.63) is 12.2 Å². The minimum Gasteiger partial charge on any atom is -0.374 e. The second-order valence-electron chi connectivity index (χ2n) is 3.10. The minimum atomic E-state index is -0.159. The Morgan fingerprint density at radius 1 is 0.933 bits per heavy atom. The molecule has 1 unspecified atom stereocenters. The Hall–Kier alpha value is -0.380. The Balaban J connectivity index is 4.05. The summed E-state index contributed by atoms with van der Waals surface area (Å²) in [5.41, 5.74) is 0. The molecule has 15 heavy (non-hydrogen) atoms. The number of hydrogen-bond donors (Lipinski definition) is 0. The molecule has 0 aromatic carbocycles. The second-order valence-corrected chi connectivity index (χ2v) is 3.10. The predicted octanol–water partition coefficient (Wildman–Crippen LogP) is 2.76. The van der Waals surface area contributed by atoms with Crippen LogP contribution >= 0.6 is 0 Å². The van der Waals surface area contributed by atoms with Crippen LogP contribution in [0.25, 0.3) is 0 Å². The molecule has 0 saturated heterocycles. The number of allylic oxidation sites excluding steroid dienone is 1. The van der Waals surface area contributed by atoms with Crippen LogP contribution < -0.4 is 0 Å². The Labute approximate surface area is 93.4 Å². The maximum absolute atomic E-state index is 5.56. The zero-order valence-electron chi connectivity index (χ0n) is 10.4. The van der Waals surface area contributed by atoms with Crippen molar-refractivity contribution in [3.8, 4) is 0 Å². The smallest absolute Gasteiger partial charge is 0.160 e. The molecule has 0 radical (unpaired) electrons. The van der Waals surface area contributed by atoms with Gasteiger partial charge in [-0.1, -0.05) is 12.2 Å². The predicted molar refractivity (Wildman–Crippen MR) is 61.9 cm³/mol. The van der Waals surface area contributed by atoms with Crippen LogP contribution in [0.3, 0.4) is 0 Å².